The average molecular weight is 254 g/mol. The lowest BCUT2D eigenvalue weighted by Gasteiger charge is -2.13. The fraction of sp³-hybridized carbons (Fsp3) is 0.250. The van der Waals surface area contributed by atoms with Crippen molar-refractivity contribution < 1.29 is 4.74 Å². The number of hydrogen-bond acceptors (Lipinski definition) is 3. The van der Waals surface area contributed by atoms with Gasteiger partial charge < -0.3 is 15.8 Å². The van der Waals surface area contributed by atoms with E-state index >= 15 is 0 Å². The lowest BCUT2D eigenvalue weighted by atomic mass is 10.1. The second kappa shape index (κ2) is 4.84. The highest BCUT2D eigenvalue weighted by Crippen LogP contribution is 2.28. The molecule has 0 saturated heterocycles. The zero-order valence-electron chi connectivity index (χ0n) is 11.0. The van der Waals surface area contributed by atoms with Gasteiger partial charge in [0.2, 0.25) is 0 Å². The predicted molar refractivity (Wildman–Crippen MR) is 78.6 cm³/mol. The van der Waals surface area contributed by atoms with E-state index < -0.39 is 0 Å². The smallest absolute Gasteiger partial charge is 0.123 e. The molecule has 3 nitrogen and oxygen atoms in total. The van der Waals surface area contributed by atoms with E-state index in [4.69, 9.17) is 10.5 Å². The minimum atomic E-state index is 0.204. The van der Waals surface area contributed by atoms with Gasteiger partial charge >= 0.3 is 0 Å². The number of nitrogens with two attached hydrogens (primary N) is 1. The number of nitrogens with one attached hydrogen (secondary N) is 1. The van der Waals surface area contributed by atoms with Crippen LogP contribution in [0, 0.1) is 6.92 Å². The molecular weight excluding hydrogens is 236 g/mol. The van der Waals surface area contributed by atoms with Gasteiger partial charge in [-0.15, -0.1) is 0 Å². The summed E-state index contributed by atoms with van der Waals surface area (Å²) in [6.45, 7) is 2.82. The lowest BCUT2D eigenvalue weighted by Crippen LogP contribution is -2.23. The number of rotatable bonds is 3. The van der Waals surface area contributed by atoms with Crippen LogP contribution in [0.2, 0.25) is 0 Å². The zero-order chi connectivity index (χ0) is 13.2. The number of fused-ring (bicyclic) bond motifs is 1. The number of hydrogen-bond donors (Lipinski definition) is 2. The molecule has 0 spiro atoms. The van der Waals surface area contributed by atoms with Crippen LogP contribution in [0.15, 0.2) is 42.5 Å². The Bertz CT molecular complexity index is 570. The van der Waals surface area contributed by atoms with Gasteiger partial charge in [0, 0.05) is 17.8 Å². The van der Waals surface area contributed by atoms with Crippen LogP contribution in [-0.4, -0.2) is 12.6 Å². The van der Waals surface area contributed by atoms with Crippen molar-refractivity contribution in [1.82, 2.24) is 0 Å². The Labute approximate surface area is 113 Å². The molecule has 0 radical (unpaired) electrons. The van der Waals surface area contributed by atoms with Gasteiger partial charge in [-0.05, 0) is 42.3 Å². The van der Waals surface area contributed by atoms with E-state index in [0.29, 0.717) is 0 Å². The Hall–Kier alpha value is -2.16. The monoisotopic (exact) mass is 254 g/mol. The van der Waals surface area contributed by atoms with E-state index in [1.54, 1.807) is 0 Å². The number of ether oxygens (including phenoxy) is 1. The molecule has 19 heavy (non-hydrogen) atoms. The molecular formula is C16H18N2O. The summed E-state index contributed by atoms with van der Waals surface area (Å²) >= 11 is 0. The van der Waals surface area contributed by atoms with E-state index in [2.05, 4.69) is 23.5 Å². The lowest BCUT2D eigenvalue weighted by molar-refractivity contribution is 0.246. The molecule has 1 aliphatic rings. The predicted octanol–water partition coefficient (Wildman–Crippen LogP) is 2.99. The molecule has 3 rings (SSSR count). The summed E-state index contributed by atoms with van der Waals surface area (Å²) in [6.07, 6.45) is 1.17. The van der Waals surface area contributed by atoms with Crippen LogP contribution in [0.25, 0.3) is 0 Å². The summed E-state index contributed by atoms with van der Waals surface area (Å²) in [4.78, 5) is 0. The van der Waals surface area contributed by atoms with Crippen molar-refractivity contribution in [2.45, 2.75) is 19.4 Å². The summed E-state index contributed by atoms with van der Waals surface area (Å²) in [5.74, 6) is 1.02. The van der Waals surface area contributed by atoms with Crippen molar-refractivity contribution in [1.29, 1.82) is 0 Å². The Balaban J connectivity index is 1.61. The summed E-state index contributed by atoms with van der Waals surface area (Å²) in [5, 5.41) is 3.41. The number of aryl methyl sites for hydroxylation is 1. The van der Waals surface area contributed by atoms with Crippen molar-refractivity contribution in [3.63, 3.8) is 0 Å². The van der Waals surface area contributed by atoms with E-state index in [-0.39, 0.29) is 6.10 Å². The van der Waals surface area contributed by atoms with Crippen molar-refractivity contribution in [2.75, 3.05) is 17.6 Å². The normalized spacial score (nSPS) is 16.8. The quantitative estimate of drug-likeness (QED) is 0.828. The molecule has 0 aliphatic carbocycles. The fourth-order valence-electron chi connectivity index (χ4n) is 2.39. The number of para-hydroxylation sites is 1. The highest BCUT2D eigenvalue weighted by Gasteiger charge is 2.21. The maximum Gasteiger partial charge on any atom is 0.123 e. The van der Waals surface area contributed by atoms with Gasteiger partial charge in [-0.1, -0.05) is 18.2 Å². The molecule has 1 heterocycles. The van der Waals surface area contributed by atoms with E-state index in [1.807, 2.05) is 31.2 Å². The topological polar surface area (TPSA) is 47.3 Å². The molecule has 1 unspecified atom stereocenters. The van der Waals surface area contributed by atoms with Crippen molar-refractivity contribution >= 4 is 11.4 Å². The number of anilines is 2. The van der Waals surface area contributed by atoms with Gasteiger partial charge in [-0.25, -0.2) is 0 Å². The van der Waals surface area contributed by atoms with Crippen LogP contribution in [0.1, 0.15) is 11.1 Å². The SMILES string of the molecule is Cc1cc(NCC2Cc3ccccc3O2)ccc1N. The van der Waals surface area contributed by atoms with Gasteiger partial charge in [0.25, 0.3) is 0 Å². The second-order valence-electron chi connectivity index (χ2n) is 5.00. The Morgan fingerprint density at radius 1 is 1.26 bits per heavy atom. The minimum absolute atomic E-state index is 0.204. The molecule has 98 valence electrons. The molecule has 0 amide bonds. The first-order valence-electron chi connectivity index (χ1n) is 6.57. The highest BCUT2D eigenvalue weighted by atomic mass is 16.5. The molecule has 2 aromatic carbocycles. The summed E-state index contributed by atoms with van der Waals surface area (Å²) in [7, 11) is 0. The number of nitrogen functional groups attached to an aromatic ring is 1. The first kappa shape index (κ1) is 11.9. The van der Waals surface area contributed by atoms with Crippen LogP contribution < -0.4 is 15.8 Å². The number of benzene rings is 2. The zero-order valence-corrected chi connectivity index (χ0v) is 11.0. The molecule has 0 aromatic heterocycles. The Kier molecular flexibility index (Phi) is 3.03. The average Bonchev–Trinajstić information content (AvgIpc) is 2.83. The Morgan fingerprint density at radius 2 is 2.11 bits per heavy atom. The van der Waals surface area contributed by atoms with Gasteiger partial charge in [-0.3, -0.25) is 0 Å². The first-order valence-corrected chi connectivity index (χ1v) is 6.57. The van der Waals surface area contributed by atoms with Crippen LogP contribution in [-0.2, 0) is 6.42 Å². The fourth-order valence-corrected chi connectivity index (χ4v) is 2.39. The largest absolute Gasteiger partial charge is 0.488 e. The van der Waals surface area contributed by atoms with Gasteiger partial charge in [0.05, 0.1) is 6.54 Å². The van der Waals surface area contributed by atoms with Crippen molar-refractivity contribution in [3.8, 4) is 5.75 Å². The Morgan fingerprint density at radius 3 is 2.89 bits per heavy atom. The third-order valence-electron chi connectivity index (χ3n) is 3.52. The molecule has 1 aliphatic heterocycles. The third kappa shape index (κ3) is 2.50. The summed E-state index contributed by atoms with van der Waals surface area (Å²) < 4.78 is 5.90. The van der Waals surface area contributed by atoms with Gasteiger partial charge in [-0.2, -0.15) is 0 Å². The van der Waals surface area contributed by atoms with Crippen LogP contribution in [0.3, 0.4) is 0 Å². The maximum absolute atomic E-state index is 5.90. The molecule has 0 bridgehead atoms. The molecule has 0 saturated carbocycles. The van der Waals surface area contributed by atoms with E-state index in [0.717, 1.165) is 35.7 Å². The molecule has 1 atom stereocenters. The van der Waals surface area contributed by atoms with Gasteiger partial charge in [0.1, 0.15) is 11.9 Å². The molecule has 3 N–H and O–H groups in total. The van der Waals surface area contributed by atoms with Crippen LogP contribution in [0.4, 0.5) is 11.4 Å². The molecule has 0 fully saturated rings. The summed E-state index contributed by atoms with van der Waals surface area (Å²) in [6, 6.07) is 14.2. The minimum Gasteiger partial charge on any atom is -0.488 e. The first-order chi connectivity index (χ1) is 9.22. The van der Waals surface area contributed by atoms with Crippen molar-refractivity contribution in [3.05, 3.63) is 53.6 Å². The standard InChI is InChI=1S/C16H18N2O/c1-11-8-13(6-7-15(11)17)18-10-14-9-12-4-2-3-5-16(12)19-14/h2-8,14,18H,9-10,17H2,1H3. The third-order valence-corrected chi connectivity index (χ3v) is 3.52. The van der Waals surface area contributed by atoms with E-state index in [9.17, 15) is 0 Å². The van der Waals surface area contributed by atoms with Gasteiger partial charge in [0.15, 0.2) is 0 Å². The van der Waals surface area contributed by atoms with Crippen molar-refractivity contribution in [2.24, 2.45) is 0 Å². The maximum atomic E-state index is 5.90. The van der Waals surface area contributed by atoms with E-state index in [1.165, 1.54) is 5.56 Å². The molecule has 3 heteroatoms. The van der Waals surface area contributed by atoms with Crippen LogP contribution in [0.5, 0.6) is 5.75 Å². The second-order valence-corrected chi connectivity index (χ2v) is 5.00. The summed E-state index contributed by atoms with van der Waals surface area (Å²) in [5.41, 5.74) is 10.1. The highest BCUT2D eigenvalue weighted by molar-refractivity contribution is 5.56. The van der Waals surface area contributed by atoms with Crippen LogP contribution >= 0.6 is 0 Å². The molecule has 2 aromatic rings.